The highest BCUT2D eigenvalue weighted by Crippen LogP contribution is 2.45. The number of allylic oxidation sites excluding steroid dienone is 1. The van der Waals surface area contributed by atoms with Crippen LogP contribution in [0.2, 0.25) is 10.0 Å². The van der Waals surface area contributed by atoms with E-state index in [2.05, 4.69) is 39.1 Å². The number of thioether (sulfide) groups is 1. The summed E-state index contributed by atoms with van der Waals surface area (Å²) >= 11 is 14.0. The molecule has 0 radical (unpaired) electrons. The minimum atomic E-state index is -0.625. The normalized spacial score (nSPS) is 19.0. The molecule has 0 saturated carbocycles. The Bertz CT molecular complexity index is 922. The van der Waals surface area contributed by atoms with E-state index in [9.17, 15) is 0 Å². The molecule has 1 aliphatic rings. The van der Waals surface area contributed by atoms with Gasteiger partial charge in [-0.15, -0.1) is 0 Å². The Balaban J connectivity index is 2.12. The fourth-order valence-electron chi connectivity index (χ4n) is 3.10. The van der Waals surface area contributed by atoms with Crippen LogP contribution in [-0.2, 0) is 0 Å². The van der Waals surface area contributed by atoms with Crippen molar-refractivity contribution in [3.05, 3.63) is 73.9 Å². The molecule has 2 heterocycles. The lowest BCUT2D eigenvalue weighted by Crippen LogP contribution is -2.53. The second-order valence-electron chi connectivity index (χ2n) is 6.92. The number of hydrogen-bond acceptors (Lipinski definition) is 5. The SMILES string of the molecule is CC(C)C1=C(Sc2cc(Cl)cc(Cl)c2)N(c2cccnc2)C(C)(CN=[N+]=[N-])N1. The van der Waals surface area contributed by atoms with E-state index in [1.165, 1.54) is 0 Å². The molecule has 0 saturated heterocycles. The minimum absolute atomic E-state index is 0.226. The Morgan fingerprint density at radius 1 is 1.32 bits per heavy atom. The number of benzene rings is 1. The molecule has 2 aromatic rings. The molecule has 1 aromatic carbocycles. The molecular formula is C19H20Cl2N6S. The second-order valence-corrected chi connectivity index (χ2v) is 8.85. The highest BCUT2D eigenvalue weighted by Gasteiger charge is 2.43. The molecule has 1 aromatic heterocycles. The van der Waals surface area contributed by atoms with Crippen LogP contribution in [0, 0.1) is 5.92 Å². The van der Waals surface area contributed by atoms with Gasteiger partial charge in [0.1, 0.15) is 10.7 Å². The number of azide groups is 1. The number of pyridine rings is 1. The lowest BCUT2D eigenvalue weighted by atomic mass is 10.1. The summed E-state index contributed by atoms with van der Waals surface area (Å²) in [4.78, 5) is 10.3. The van der Waals surface area contributed by atoms with Gasteiger partial charge in [0.25, 0.3) is 0 Å². The Labute approximate surface area is 178 Å². The smallest absolute Gasteiger partial charge is 0.118 e. The van der Waals surface area contributed by atoms with E-state index in [1.54, 1.807) is 30.2 Å². The van der Waals surface area contributed by atoms with Gasteiger partial charge < -0.3 is 10.2 Å². The molecule has 6 nitrogen and oxygen atoms in total. The van der Waals surface area contributed by atoms with Gasteiger partial charge in [-0.1, -0.05) is 53.9 Å². The average Bonchev–Trinajstić information content (AvgIpc) is 2.93. The first-order chi connectivity index (χ1) is 13.3. The molecule has 3 rings (SSSR count). The highest BCUT2D eigenvalue weighted by atomic mass is 35.5. The molecular weight excluding hydrogens is 415 g/mol. The van der Waals surface area contributed by atoms with Crippen molar-refractivity contribution in [2.45, 2.75) is 31.3 Å². The molecule has 1 atom stereocenters. The van der Waals surface area contributed by atoms with Gasteiger partial charge in [-0.3, -0.25) is 4.98 Å². The molecule has 1 aliphatic heterocycles. The molecule has 0 spiro atoms. The van der Waals surface area contributed by atoms with Crippen LogP contribution < -0.4 is 10.2 Å². The van der Waals surface area contributed by atoms with Crippen LogP contribution in [0.3, 0.4) is 0 Å². The Hall–Kier alpha value is -2.05. The van der Waals surface area contributed by atoms with Crippen molar-refractivity contribution in [2.75, 3.05) is 11.4 Å². The summed E-state index contributed by atoms with van der Waals surface area (Å²) in [5, 5.41) is 9.58. The fourth-order valence-corrected chi connectivity index (χ4v) is 5.15. The van der Waals surface area contributed by atoms with Gasteiger partial charge in [0.15, 0.2) is 0 Å². The van der Waals surface area contributed by atoms with Gasteiger partial charge in [0.05, 0.1) is 18.4 Å². The van der Waals surface area contributed by atoms with Gasteiger partial charge in [-0.2, -0.15) is 0 Å². The van der Waals surface area contributed by atoms with Crippen molar-refractivity contribution in [3.8, 4) is 0 Å². The van der Waals surface area contributed by atoms with Crippen LogP contribution >= 0.6 is 35.0 Å². The zero-order chi connectivity index (χ0) is 20.3. The molecule has 28 heavy (non-hydrogen) atoms. The van der Waals surface area contributed by atoms with Crippen molar-refractivity contribution < 1.29 is 0 Å². The van der Waals surface area contributed by atoms with Crippen LogP contribution in [0.4, 0.5) is 5.69 Å². The summed E-state index contributed by atoms with van der Waals surface area (Å²) in [7, 11) is 0. The third kappa shape index (κ3) is 4.33. The summed E-state index contributed by atoms with van der Waals surface area (Å²) in [6.45, 7) is 6.49. The summed E-state index contributed by atoms with van der Waals surface area (Å²) in [6.07, 6.45) is 3.53. The maximum atomic E-state index is 8.89. The first-order valence-corrected chi connectivity index (χ1v) is 10.3. The third-order valence-corrected chi connectivity index (χ3v) is 5.81. The largest absolute Gasteiger partial charge is 0.364 e. The summed E-state index contributed by atoms with van der Waals surface area (Å²) in [6, 6.07) is 9.34. The van der Waals surface area contributed by atoms with Crippen LogP contribution in [-0.4, -0.2) is 17.2 Å². The van der Waals surface area contributed by atoms with Crippen LogP contribution in [0.1, 0.15) is 20.8 Å². The van der Waals surface area contributed by atoms with Crippen molar-refractivity contribution in [3.63, 3.8) is 0 Å². The summed E-state index contributed by atoms with van der Waals surface area (Å²) in [5.74, 6) is 0.226. The number of halogens is 2. The van der Waals surface area contributed by atoms with Crippen molar-refractivity contribution in [1.82, 2.24) is 10.3 Å². The van der Waals surface area contributed by atoms with E-state index in [-0.39, 0.29) is 12.5 Å². The van der Waals surface area contributed by atoms with E-state index in [0.717, 1.165) is 21.3 Å². The van der Waals surface area contributed by atoms with E-state index >= 15 is 0 Å². The van der Waals surface area contributed by atoms with Gasteiger partial charge in [0, 0.05) is 31.7 Å². The zero-order valence-corrected chi connectivity index (χ0v) is 18.1. The van der Waals surface area contributed by atoms with Gasteiger partial charge >= 0.3 is 0 Å². The second kappa shape index (κ2) is 8.53. The molecule has 0 bridgehead atoms. The number of rotatable bonds is 6. The summed E-state index contributed by atoms with van der Waals surface area (Å²) in [5.41, 5.74) is 10.2. The van der Waals surface area contributed by atoms with Crippen LogP contribution in [0.25, 0.3) is 10.4 Å². The van der Waals surface area contributed by atoms with Gasteiger partial charge in [0.2, 0.25) is 0 Å². The Kier molecular flexibility index (Phi) is 6.30. The minimum Gasteiger partial charge on any atom is -0.364 e. The monoisotopic (exact) mass is 434 g/mol. The maximum absolute atomic E-state index is 8.89. The van der Waals surface area contributed by atoms with Gasteiger partial charge in [-0.05, 0) is 48.7 Å². The lowest BCUT2D eigenvalue weighted by molar-refractivity contribution is 0.417. The van der Waals surface area contributed by atoms with E-state index in [0.29, 0.717) is 10.0 Å². The molecule has 9 heteroatoms. The Morgan fingerprint density at radius 2 is 2.04 bits per heavy atom. The molecule has 1 unspecified atom stereocenters. The zero-order valence-electron chi connectivity index (χ0n) is 15.7. The van der Waals surface area contributed by atoms with E-state index in [1.807, 2.05) is 31.2 Å². The van der Waals surface area contributed by atoms with Crippen LogP contribution in [0.5, 0.6) is 0 Å². The van der Waals surface area contributed by atoms with Crippen LogP contribution in [0.15, 0.2) is 63.5 Å². The predicted octanol–water partition coefficient (Wildman–Crippen LogP) is 6.44. The maximum Gasteiger partial charge on any atom is 0.118 e. The van der Waals surface area contributed by atoms with Crippen molar-refractivity contribution in [1.29, 1.82) is 0 Å². The van der Waals surface area contributed by atoms with Crippen molar-refractivity contribution >= 4 is 40.7 Å². The lowest BCUT2D eigenvalue weighted by Gasteiger charge is -2.37. The first-order valence-electron chi connectivity index (χ1n) is 8.71. The third-order valence-electron chi connectivity index (χ3n) is 4.30. The Morgan fingerprint density at radius 3 is 2.61 bits per heavy atom. The number of aromatic nitrogens is 1. The van der Waals surface area contributed by atoms with E-state index < -0.39 is 5.66 Å². The van der Waals surface area contributed by atoms with Crippen molar-refractivity contribution in [2.24, 2.45) is 11.0 Å². The number of anilines is 1. The first kappa shape index (κ1) is 20.7. The summed E-state index contributed by atoms with van der Waals surface area (Å²) < 4.78 is 0. The molecule has 0 fully saturated rings. The molecule has 0 aliphatic carbocycles. The average molecular weight is 435 g/mol. The topological polar surface area (TPSA) is 76.9 Å². The fraction of sp³-hybridized carbons (Fsp3) is 0.316. The number of nitrogens with one attached hydrogen (secondary N) is 1. The molecule has 0 amide bonds. The predicted molar refractivity (Wildman–Crippen MR) is 116 cm³/mol. The molecule has 1 N–H and O–H groups in total. The standard InChI is InChI=1S/C19H20Cl2N6S/c1-12(2)17-18(28-16-8-13(20)7-14(21)9-16)27(15-5-4-6-23-10-15)19(3,25-17)11-24-26-22/h4-10,12,25H,11H2,1-3H3. The quantitative estimate of drug-likeness (QED) is 0.322. The van der Waals surface area contributed by atoms with E-state index in [4.69, 9.17) is 28.7 Å². The highest BCUT2D eigenvalue weighted by molar-refractivity contribution is 8.03. The van der Waals surface area contributed by atoms with Gasteiger partial charge in [-0.25, -0.2) is 0 Å². The number of hydrogen-bond donors (Lipinski definition) is 1. The number of nitrogens with zero attached hydrogens (tertiary/aromatic N) is 5. The molecule has 146 valence electrons.